The molecule has 6 heteroatoms. The van der Waals surface area contributed by atoms with Gasteiger partial charge in [-0.05, 0) is 116 Å². The van der Waals surface area contributed by atoms with Gasteiger partial charge >= 0.3 is 12.1 Å². The third-order valence-corrected chi connectivity index (χ3v) is 12.0. The number of carbonyl (C=O) groups excluding carboxylic acids is 2. The molecule has 0 amide bonds. The van der Waals surface area contributed by atoms with Crippen LogP contribution in [0.15, 0.2) is 30.3 Å². The van der Waals surface area contributed by atoms with Crippen LogP contribution in [0.4, 0.5) is 4.79 Å². The minimum Gasteiger partial charge on any atom is -0.461 e. The number of ether oxygens (including phenoxy) is 3. The maximum absolute atomic E-state index is 12.5. The third-order valence-electron chi connectivity index (χ3n) is 11.9. The van der Waals surface area contributed by atoms with E-state index in [1.54, 1.807) is 0 Å². The maximum Gasteiger partial charge on any atom is 0.509 e. The van der Waals surface area contributed by atoms with E-state index in [0.29, 0.717) is 41.6 Å². The van der Waals surface area contributed by atoms with Crippen molar-refractivity contribution in [3.8, 4) is 0 Å². The van der Waals surface area contributed by atoms with Gasteiger partial charge in [0.05, 0.1) is 0 Å². The lowest BCUT2D eigenvalue weighted by atomic mass is 9.44. The molecule has 0 aromatic heterocycles. The summed E-state index contributed by atoms with van der Waals surface area (Å²) in [6.07, 6.45) is 11.6. The molecule has 4 aliphatic rings. The monoisotopic (exact) mass is 558 g/mol. The first-order valence-electron chi connectivity index (χ1n) is 15.3. The second-order valence-corrected chi connectivity index (χ2v) is 13.8. The van der Waals surface area contributed by atoms with Gasteiger partial charge in [0.1, 0.15) is 12.7 Å². The summed E-state index contributed by atoms with van der Waals surface area (Å²) in [6, 6.07) is 9.77. The van der Waals surface area contributed by atoms with Crippen molar-refractivity contribution in [1.82, 2.24) is 0 Å². The van der Waals surface area contributed by atoms with E-state index in [9.17, 15) is 9.59 Å². The van der Waals surface area contributed by atoms with Gasteiger partial charge in [0.25, 0.3) is 0 Å². The second-order valence-electron chi connectivity index (χ2n) is 13.6. The van der Waals surface area contributed by atoms with E-state index in [-0.39, 0.29) is 18.1 Å². The summed E-state index contributed by atoms with van der Waals surface area (Å²) < 4.78 is 16.0. The fourth-order valence-electron chi connectivity index (χ4n) is 9.87. The number of esters is 1. The predicted octanol–water partition coefficient (Wildman–Crippen LogP) is 8.52. The molecule has 4 unspecified atom stereocenters. The first-order valence-corrected chi connectivity index (χ1v) is 15.9. The van der Waals surface area contributed by atoms with Crippen LogP contribution in [0.1, 0.15) is 97.0 Å². The van der Waals surface area contributed by atoms with Crippen LogP contribution in [0.3, 0.4) is 0 Å². The molecule has 0 radical (unpaired) electrons. The average Bonchev–Trinajstić information content (AvgIpc) is 3.29. The molecule has 0 heterocycles. The van der Waals surface area contributed by atoms with Crippen LogP contribution in [0, 0.1) is 46.3 Å². The standard InChI is InChI=1S/C33H47ClO5/c1-22(9-14-30(35)37-20-23-7-5-4-6-8-23)27-12-13-28-26-11-10-24-19-25(39-31(36)38-21-34)15-17-32(24,2)29(26)16-18-33(27,28)3/h4-8,22,24-29H,9-21H2,1-3H3/t22-,24-,25-,26?,27?,28?,29?,32+,33-/m1/s1. The molecule has 4 saturated carbocycles. The van der Waals surface area contributed by atoms with Crippen molar-refractivity contribution in [2.75, 3.05) is 6.07 Å². The van der Waals surface area contributed by atoms with E-state index in [0.717, 1.165) is 49.0 Å². The van der Waals surface area contributed by atoms with Crippen molar-refractivity contribution in [3.05, 3.63) is 35.9 Å². The fourth-order valence-corrected chi connectivity index (χ4v) is 9.96. The molecule has 1 aromatic carbocycles. The number of carbonyl (C=O) groups is 2. The highest BCUT2D eigenvalue weighted by Gasteiger charge is 2.60. The molecule has 1 aromatic rings. The summed E-state index contributed by atoms with van der Waals surface area (Å²) >= 11 is 5.53. The Morgan fingerprint density at radius 3 is 2.46 bits per heavy atom. The van der Waals surface area contributed by atoms with E-state index < -0.39 is 6.16 Å². The summed E-state index contributed by atoms with van der Waals surface area (Å²) in [7, 11) is 0. The molecule has 39 heavy (non-hydrogen) atoms. The van der Waals surface area contributed by atoms with E-state index in [1.165, 1.54) is 38.5 Å². The molecule has 0 bridgehead atoms. The molecular formula is C33H47ClO5. The molecule has 4 aliphatic carbocycles. The van der Waals surface area contributed by atoms with Crippen LogP contribution in [-0.4, -0.2) is 24.3 Å². The Balaban J connectivity index is 1.16. The number of halogens is 1. The minimum absolute atomic E-state index is 0.0414. The minimum atomic E-state index is -0.628. The number of rotatable bonds is 8. The van der Waals surface area contributed by atoms with Gasteiger partial charge in [-0.15, -0.1) is 0 Å². The zero-order chi connectivity index (χ0) is 27.6. The van der Waals surface area contributed by atoms with E-state index in [4.69, 9.17) is 25.8 Å². The smallest absolute Gasteiger partial charge is 0.461 e. The Hall–Kier alpha value is -1.75. The molecule has 216 valence electrons. The van der Waals surface area contributed by atoms with Gasteiger partial charge in [0.15, 0.2) is 6.07 Å². The lowest BCUT2D eigenvalue weighted by Crippen LogP contribution is -2.54. The van der Waals surface area contributed by atoms with Gasteiger partial charge in [0.2, 0.25) is 0 Å². The lowest BCUT2D eigenvalue weighted by Gasteiger charge is -2.61. The van der Waals surface area contributed by atoms with Gasteiger partial charge in [0, 0.05) is 6.42 Å². The second kappa shape index (κ2) is 12.0. The van der Waals surface area contributed by atoms with Gasteiger partial charge in [-0.1, -0.05) is 62.7 Å². The Bertz CT molecular complexity index is 999. The van der Waals surface area contributed by atoms with Crippen LogP contribution in [0.2, 0.25) is 0 Å². The van der Waals surface area contributed by atoms with Crippen LogP contribution in [0.25, 0.3) is 0 Å². The number of hydrogen-bond donors (Lipinski definition) is 0. The van der Waals surface area contributed by atoms with Crippen LogP contribution < -0.4 is 0 Å². The van der Waals surface area contributed by atoms with E-state index >= 15 is 0 Å². The molecule has 9 atom stereocenters. The third kappa shape index (κ3) is 5.85. The molecular weight excluding hydrogens is 512 g/mol. The van der Waals surface area contributed by atoms with Crippen molar-refractivity contribution >= 4 is 23.7 Å². The van der Waals surface area contributed by atoms with Gasteiger partial charge in [-0.3, -0.25) is 4.79 Å². The van der Waals surface area contributed by atoms with Crippen LogP contribution >= 0.6 is 11.6 Å². The van der Waals surface area contributed by atoms with Crippen molar-refractivity contribution in [1.29, 1.82) is 0 Å². The number of benzene rings is 1. The summed E-state index contributed by atoms with van der Waals surface area (Å²) in [4.78, 5) is 24.4. The van der Waals surface area contributed by atoms with E-state index in [2.05, 4.69) is 20.8 Å². The summed E-state index contributed by atoms with van der Waals surface area (Å²) in [5.41, 5.74) is 1.76. The molecule has 4 fully saturated rings. The highest BCUT2D eigenvalue weighted by Crippen LogP contribution is 2.68. The van der Waals surface area contributed by atoms with Crippen molar-refractivity contribution < 1.29 is 23.8 Å². The zero-order valence-corrected chi connectivity index (χ0v) is 24.8. The fraction of sp³-hybridized carbons (Fsp3) is 0.758. The topological polar surface area (TPSA) is 61.8 Å². The normalized spacial score (nSPS) is 38.1. The largest absolute Gasteiger partial charge is 0.509 e. The number of alkyl halides is 1. The van der Waals surface area contributed by atoms with Crippen molar-refractivity contribution in [3.63, 3.8) is 0 Å². The average molecular weight is 559 g/mol. The van der Waals surface area contributed by atoms with Crippen LogP contribution in [0.5, 0.6) is 0 Å². The summed E-state index contributed by atoms with van der Waals surface area (Å²) in [6.45, 7) is 7.87. The van der Waals surface area contributed by atoms with Crippen molar-refractivity contribution in [2.24, 2.45) is 46.3 Å². The highest BCUT2D eigenvalue weighted by molar-refractivity contribution is 6.17. The SMILES string of the molecule is C[C@H](CCC(=O)OCc1ccccc1)C1CCC2C3CC[C@@H]4C[C@H](OC(=O)OCCl)CC[C@]4(C)C3CC[C@@]21C. The Labute approximate surface area is 239 Å². The maximum atomic E-state index is 12.5. The predicted molar refractivity (Wildman–Crippen MR) is 152 cm³/mol. The van der Waals surface area contributed by atoms with E-state index in [1.807, 2.05) is 30.3 Å². The first-order chi connectivity index (χ1) is 18.7. The van der Waals surface area contributed by atoms with Crippen LogP contribution in [-0.2, 0) is 25.6 Å². The molecule has 5 nitrogen and oxygen atoms in total. The first kappa shape index (κ1) is 28.8. The molecule has 0 N–H and O–H groups in total. The summed E-state index contributed by atoms with van der Waals surface area (Å²) in [5.74, 6) is 4.13. The lowest BCUT2D eigenvalue weighted by molar-refractivity contribution is -0.145. The zero-order valence-electron chi connectivity index (χ0n) is 24.0. The van der Waals surface area contributed by atoms with Gasteiger partial charge in [-0.2, -0.15) is 0 Å². The number of hydrogen-bond acceptors (Lipinski definition) is 5. The highest BCUT2D eigenvalue weighted by atomic mass is 35.5. The molecule has 0 saturated heterocycles. The molecule has 0 aliphatic heterocycles. The van der Waals surface area contributed by atoms with Gasteiger partial charge < -0.3 is 14.2 Å². The van der Waals surface area contributed by atoms with Gasteiger partial charge in [-0.25, -0.2) is 4.79 Å². The Kier molecular flexibility index (Phi) is 8.86. The number of fused-ring (bicyclic) bond motifs is 5. The molecule has 5 rings (SSSR count). The van der Waals surface area contributed by atoms with Crippen molar-refractivity contribution in [2.45, 2.75) is 104 Å². The quantitative estimate of drug-likeness (QED) is 0.236. The Morgan fingerprint density at radius 2 is 1.69 bits per heavy atom. The summed E-state index contributed by atoms with van der Waals surface area (Å²) in [5, 5.41) is 0. The Morgan fingerprint density at radius 1 is 0.949 bits per heavy atom. The molecule has 0 spiro atoms.